The van der Waals surface area contributed by atoms with E-state index in [1.165, 1.54) is 16.7 Å². The molecule has 0 aliphatic heterocycles. The van der Waals surface area contributed by atoms with Gasteiger partial charge in [-0.3, -0.25) is 0 Å². The first-order valence-corrected chi connectivity index (χ1v) is 8.29. The lowest BCUT2D eigenvalue weighted by Gasteiger charge is -2.13. The Balaban J connectivity index is 2.01. The fourth-order valence-corrected chi connectivity index (χ4v) is 2.98. The summed E-state index contributed by atoms with van der Waals surface area (Å²) in [5.41, 5.74) is 3.84. The van der Waals surface area contributed by atoms with E-state index in [4.69, 9.17) is 9.47 Å². The molecule has 0 unspecified atom stereocenters. The number of nitrogens with two attached hydrogens (primary N) is 1. The molecule has 0 aliphatic carbocycles. The highest BCUT2D eigenvalue weighted by Crippen LogP contribution is 2.36. The van der Waals surface area contributed by atoms with Crippen LogP contribution in [0.15, 0.2) is 40.9 Å². The summed E-state index contributed by atoms with van der Waals surface area (Å²) in [4.78, 5) is 0. The van der Waals surface area contributed by atoms with Gasteiger partial charge in [0.2, 0.25) is 0 Å². The minimum Gasteiger partial charge on any atom is -0.492 e. The quantitative estimate of drug-likeness (QED) is 0.816. The summed E-state index contributed by atoms with van der Waals surface area (Å²) in [6.07, 6.45) is 0. The number of halogens is 1. The van der Waals surface area contributed by atoms with Crippen molar-refractivity contribution in [3.8, 4) is 11.5 Å². The zero-order valence-corrected chi connectivity index (χ0v) is 14.9. The second kappa shape index (κ2) is 8.20. The molecular weight excluding hydrogens is 342 g/mol. The fraction of sp³-hybridized carbons (Fsp3) is 0.333. The molecule has 0 radical (unpaired) electrons. The van der Waals surface area contributed by atoms with Gasteiger partial charge >= 0.3 is 0 Å². The van der Waals surface area contributed by atoms with E-state index in [-0.39, 0.29) is 0 Å². The van der Waals surface area contributed by atoms with Gasteiger partial charge in [-0.05, 0) is 41.9 Å². The lowest BCUT2D eigenvalue weighted by molar-refractivity contribution is -0.686. The van der Waals surface area contributed by atoms with Gasteiger partial charge in [-0.1, -0.05) is 29.8 Å². The van der Waals surface area contributed by atoms with E-state index < -0.39 is 0 Å². The third kappa shape index (κ3) is 4.49. The van der Waals surface area contributed by atoms with Crippen LogP contribution in [-0.2, 0) is 13.1 Å². The van der Waals surface area contributed by atoms with Crippen molar-refractivity contribution in [2.45, 2.75) is 26.9 Å². The van der Waals surface area contributed by atoms with E-state index in [0.717, 1.165) is 29.1 Å². The Morgan fingerprint density at radius 3 is 2.36 bits per heavy atom. The molecule has 118 valence electrons. The van der Waals surface area contributed by atoms with E-state index in [9.17, 15) is 0 Å². The molecule has 0 bridgehead atoms. The molecule has 4 heteroatoms. The number of hydrogen-bond acceptors (Lipinski definition) is 2. The van der Waals surface area contributed by atoms with Crippen molar-refractivity contribution < 1.29 is 14.8 Å². The van der Waals surface area contributed by atoms with Crippen LogP contribution in [0.5, 0.6) is 11.5 Å². The van der Waals surface area contributed by atoms with Gasteiger partial charge in [0.1, 0.15) is 13.1 Å². The Hall–Kier alpha value is -1.52. The zero-order valence-electron chi connectivity index (χ0n) is 13.4. The maximum Gasteiger partial charge on any atom is 0.174 e. The molecule has 2 rings (SSSR count). The minimum atomic E-state index is 0.624. The van der Waals surface area contributed by atoms with Crippen molar-refractivity contribution >= 4 is 15.9 Å². The van der Waals surface area contributed by atoms with E-state index in [1.54, 1.807) is 7.11 Å². The fourth-order valence-electron chi connectivity index (χ4n) is 2.33. The summed E-state index contributed by atoms with van der Waals surface area (Å²) < 4.78 is 12.0. The van der Waals surface area contributed by atoms with E-state index in [1.807, 2.05) is 6.92 Å². The summed E-state index contributed by atoms with van der Waals surface area (Å²) in [6.45, 7) is 6.57. The zero-order chi connectivity index (χ0) is 15.9. The largest absolute Gasteiger partial charge is 0.492 e. The highest BCUT2D eigenvalue weighted by molar-refractivity contribution is 9.10. The van der Waals surface area contributed by atoms with Crippen LogP contribution in [0.25, 0.3) is 0 Å². The van der Waals surface area contributed by atoms with E-state index in [2.05, 4.69) is 64.6 Å². The van der Waals surface area contributed by atoms with Crippen LogP contribution in [-0.4, -0.2) is 13.7 Å². The number of hydrogen-bond donors (Lipinski definition) is 1. The van der Waals surface area contributed by atoms with Gasteiger partial charge in [0.15, 0.2) is 11.5 Å². The van der Waals surface area contributed by atoms with Crippen molar-refractivity contribution in [1.29, 1.82) is 0 Å². The van der Waals surface area contributed by atoms with E-state index in [0.29, 0.717) is 6.61 Å². The summed E-state index contributed by atoms with van der Waals surface area (Å²) in [7, 11) is 1.66. The molecule has 2 N–H and O–H groups in total. The monoisotopic (exact) mass is 364 g/mol. The van der Waals surface area contributed by atoms with Crippen molar-refractivity contribution in [3.05, 3.63) is 57.6 Å². The lowest BCUT2D eigenvalue weighted by Crippen LogP contribution is -2.80. The Kier molecular flexibility index (Phi) is 6.28. The molecule has 0 amide bonds. The molecule has 0 aromatic heterocycles. The van der Waals surface area contributed by atoms with Crippen molar-refractivity contribution in [2.24, 2.45) is 0 Å². The Morgan fingerprint density at radius 1 is 1.05 bits per heavy atom. The van der Waals surface area contributed by atoms with Crippen LogP contribution in [0.4, 0.5) is 0 Å². The standard InChI is InChI=1S/C18H22BrNO2/c1-4-22-17-10-15(9-16(19)18(17)21-3)12-20-11-14-7-5-13(2)6-8-14/h5-10,20H,4,11-12H2,1-3H3/p+1. The highest BCUT2D eigenvalue weighted by Gasteiger charge is 2.11. The van der Waals surface area contributed by atoms with Crippen molar-refractivity contribution in [3.63, 3.8) is 0 Å². The number of ether oxygens (including phenoxy) is 2. The first-order valence-electron chi connectivity index (χ1n) is 7.50. The van der Waals surface area contributed by atoms with Gasteiger partial charge in [-0.2, -0.15) is 0 Å². The third-order valence-electron chi connectivity index (χ3n) is 3.45. The van der Waals surface area contributed by atoms with Crippen LogP contribution in [0.1, 0.15) is 23.6 Å². The first-order chi connectivity index (χ1) is 10.6. The van der Waals surface area contributed by atoms with Crippen LogP contribution in [0, 0.1) is 6.92 Å². The molecule has 0 aliphatic rings. The molecule has 2 aromatic carbocycles. The molecule has 0 spiro atoms. The third-order valence-corrected chi connectivity index (χ3v) is 4.04. The van der Waals surface area contributed by atoms with Crippen molar-refractivity contribution in [2.75, 3.05) is 13.7 Å². The van der Waals surface area contributed by atoms with Crippen LogP contribution >= 0.6 is 15.9 Å². The SMILES string of the molecule is CCOc1cc(C[NH2+]Cc2ccc(C)cc2)cc(Br)c1OC. The molecule has 22 heavy (non-hydrogen) atoms. The van der Waals surface area contributed by atoms with Gasteiger partial charge in [-0.15, -0.1) is 0 Å². The number of rotatable bonds is 7. The average Bonchev–Trinajstić information content (AvgIpc) is 2.49. The molecule has 0 fully saturated rings. The summed E-state index contributed by atoms with van der Waals surface area (Å²) in [5, 5.41) is 2.29. The number of methoxy groups -OCH3 is 1. The Bertz CT molecular complexity index is 611. The molecular formula is C18H23BrNO2+. The minimum absolute atomic E-state index is 0.624. The second-order valence-electron chi connectivity index (χ2n) is 5.22. The molecule has 0 saturated heterocycles. The van der Waals surface area contributed by atoms with Gasteiger partial charge in [-0.25, -0.2) is 0 Å². The second-order valence-corrected chi connectivity index (χ2v) is 6.08. The topological polar surface area (TPSA) is 35.1 Å². The summed E-state index contributed by atoms with van der Waals surface area (Å²) >= 11 is 3.55. The summed E-state index contributed by atoms with van der Waals surface area (Å²) in [5.74, 6) is 1.54. The number of quaternary nitrogens is 1. The van der Waals surface area contributed by atoms with Crippen LogP contribution in [0.2, 0.25) is 0 Å². The van der Waals surface area contributed by atoms with Crippen LogP contribution in [0.3, 0.4) is 0 Å². The molecule has 0 atom stereocenters. The molecule has 0 heterocycles. The van der Waals surface area contributed by atoms with E-state index >= 15 is 0 Å². The maximum atomic E-state index is 5.66. The molecule has 3 nitrogen and oxygen atoms in total. The number of benzene rings is 2. The van der Waals surface area contributed by atoms with Crippen LogP contribution < -0.4 is 14.8 Å². The van der Waals surface area contributed by atoms with Gasteiger partial charge in [0.05, 0.1) is 18.2 Å². The van der Waals surface area contributed by atoms with Gasteiger partial charge in [0.25, 0.3) is 0 Å². The Morgan fingerprint density at radius 2 is 1.73 bits per heavy atom. The average molecular weight is 365 g/mol. The summed E-state index contributed by atoms with van der Waals surface area (Å²) in [6, 6.07) is 12.8. The Labute approximate surface area is 140 Å². The smallest absolute Gasteiger partial charge is 0.174 e. The number of aryl methyl sites for hydroxylation is 1. The molecule has 0 saturated carbocycles. The van der Waals surface area contributed by atoms with Crippen molar-refractivity contribution in [1.82, 2.24) is 0 Å². The maximum absolute atomic E-state index is 5.66. The lowest BCUT2D eigenvalue weighted by atomic mass is 10.1. The van der Waals surface area contributed by atoms with Gasteiger partial charge < -0.3 is 14.8 Å². The molecule has 2 aromatic rings. The first kappa shape index (κ1) is 16.8. The predicted molar refractivity (Wildman–Crippen MR) is 92.4 cm³/mol. The normalized spacial score (nSPS) is 10.5. The predicted octanol–water partition coefficient (Wildman–Crippen LogP) is 3.43. The highest BCUT2D eigenvalue weighted by atomic mass is 79.9. The van der Waals surface area contributed by atoms with Gasteiger partial charge in [0, 0.05) is 11.1 Å².